The molecule has 1 amide bonds. The summed E-state index contributed by atoms with van der Waals surface area (Å²) in [6.07, 6.45) is 9.29. The van der Waals surface area contributed by atoms with Crippen LogP contribution in [0.5, 0.6) is 0 Å². The minimum atomic E-state index is -5.01. The fraction of sp³-hybridized carbons (Fsp3) is 0.909. The van der Waals surface area contributed by atoms with Crippen LogP contribution in [0, 0.1) is 5.92 Å². The lowest BCUT2D eigenvalue weighted by atomic mass is 10.0. The van der Waals surface area contributed by atoms with Crippen LogP contribution in [0.3, 0.4) is 0 Å². The molecule has 0 heterocycles. The van der Waals surface area contributed by atoms with E-state index < -0.39 is 24.1 Å². The minimum Gasteiger partial charge on any atom is -0.464 e. The van der Waals surface area contributed by atoms with Gasteiger partial charge in [-0.15, -0.1) is 0 Å². The molecule has 0 aromatic rings. The zero-order valence-electron chi connectivity index (χ0n) is 18.4. The largest absolute Gasteiger partial charge is 0.471 e. The first-order chi connectivity index (χ1) is 13.7. The van der Waals surface area contributed by atoms with Gasteiger partial charge in [-0.1, -0.05) is 91.4 Å². The first-order valence-electron chi connectivity index (χ1n) is 11.2. The molecule has 0 aromatic heterocycles. The number of rotatable bonds is 17. The summed E-state index contributed by atoms with van der Waals surface area (Å²) in [5, 5.41) is 1.75. The van der Waals surface area contributed by atoms with Gasteiger partial charge in [-0.2, -0.15) is 13.2 Å². The number of amides is 1. The van der Waals surface area contributed by atoms with Crippen molar-refractivity contribution in [3.63, 3.8) is 0 Å². The number of esters is 1. The van der Waals surface area contributed by atoms with Gasteiger partial charge in [0.2, 0.25) is 0 Å². The van der Waals surface area contributed by atoms with Crippen LogP contribution in [0.25, 0.3) is 0 Å². The Balaban J connectivity index is 3.84. The second kappa shape index (κ2) is 16.5. The molecule has 0 aliphatic heterocycles. The Morgan fingerprint density at radius 1 is 0.828 bits per heavy atom. The average molecular weight is 424 g/mol. The van der Waals surface area contributed by atoms with Crippen LogP contribution in [0.4, 0.5) is 13.2 Å². The van der Waals surface area contributed by atoms with Gasteiger partial charge in [0.15, 0.2) is 0 Å². The summed E-state index contributed by atoms with van der Waals surface area (Å²) in [5.74, 6) is -2.95. The quantitative estimate of drug-likeness (QED) is 0.220. The number of carbonyl (C=O) groups excluding carboxylic acids is 2. The van der Waals surface area contributed by atoms with E-state index in [1.165, 1.54) is 51.4 Å². The van der Waals surface area contributed by atoms with Gasteiger partial charge in [-0.25, -0.2) is 4.79 Å². The van der Waals surface area contributed by atoms with E-state index in [1.807, 2.05) is 0 Å². The molecule has 0 rings (SSSR count). The summed E-state index contributed by atoms with van der Waals surface area (Å²) >= 11 is 0. The van der Waals surface area contributed by atoms with E-state index in [4.69, 9.17) is 4.74 Å². The molecule has 4 nitrogen and oxygen atoms in total. The van der Waals surface area contributed by atoms with Crippen molar-refractivity contribution in [2.24, 2.45) is 5.92 Å². The summed E-state index contributed by atoms with van der Waals surface area (Å²) in [7, 11) is 0. The highest BCUT2D eigenvalue weighted by molar-refractivity contribution is 5.87. The van der Waals surface area contributed by atoms with E-state index in [-0.39, 0.29) is 18.9 Å². The topological polar surface area (TPSA) is 55.4 Å². The highest BCUT2D eigenvalue weighted by Crippen LogP contribution is 2.16. The Hall–Kier alpha value is -1.27. The molecule has 1 atom stereocenters. The zero-order chi connectivity index (χ0) is 22.1. The van der Waals surface area contributed by atoms with Gasteiger partial charge in [0.1, 0.15) is 6.04 Å². The predicted molar refractivity (Wildman–Crippen MR) is 109 cm³/mol. The van der Waals surface area contributed by atoms with Crippen LogP contribution in [0.15, 0.2) is 0 Å². The van der Waals surface area contributed by atoms with Crippen LogP contribution in [0.1, 0.15) is 104 Å². The van der Waals surface area contributed by atoms with E-state index >= 15 is 0 Å². The Morgan fingerprint density at radius 2 is 1.28 bits per heavy atom. The molecular formula is C22H40F3NO3. The van der Waals surface area contributed by atoms with E-state index in [1.54, 1.807) is 19.2 Å². The van der Waals surface area contributed by atoms with Crippen molar-refractivity contribution in [3.8, 4) is 0 Å². The Bertz CT molecular complexity index is 440. The van der Waals surface area contributed by atoms with Crippen molar-refractivity contribution in [1.82, 2.24) is 5.32 Å². The number of ether oxygens (including phenoxy) is 1. The standard InChI is InChI=1S/C22H40F3NO3/c1-4-5-6-7-8-9-10-11-12-13-14-15-16-29-20(27)19(17-18(2)3)26-21(28)22(23,24)25/h18-19H,4-17H2,1-3H3,(H,26,28). The number of unbranched alkanes of at least 4 members (excludes halogenated alkanes) is 11. The van der Waals surface area contributed by atoms with Gasteiger partial charge >= 0.3 is 18.1 Å². The summed E-state index contributed by atoms with van der Waals surface area (Å²) < 4.78 is 42.3. The predicted octanol–water partition coefficient (Wildman–Crippen LogP) is 6.32. The Labute approximate surface area is 174 Å². The highest BCUT2D eigenvalue weighted by atomic mass is 19.4. The van der Waals surface area contributed by atoms with E-state index in [2.05, 4.69) is 6.92 Å². The van der Waals surface area contributed by atoms with E-state index in [0.717, 1.165) is 19.3 Å². The van der Waals surface area contributed by atoms with Crippen molar-refractivity contribution in [2.45, 2.75) is 116 Å². The third-order valence-electron chi connectivity index (χ3n) is 4.80. The number of halogens is 3. The zero-order valence-corrected chi connectivity index (χ0v) is 18.4. The second-order valence-electron chi connectivity index (χ2n) is 8.21. The van der Waals surface area contributed by atoms with Gasteiger partial charge in [0, 0.05) is 0 Å². The molecule has 0 saturated carbocycles. The molecule has 1 N–H and O–H groups in total. The molecule has 0 aliphatic rings. The molecule has 1 unspecified atom stereocenters. The highest BCUT2D eigenvalue weighted by Gasteiger charge is 2.41. The first kappa shape index (κ1) is 27.7. The smallest absolute Gasteiger partial charge is 0.464 e. The third kappa shape index (κ3) is 16.2. The van der Waals surface area contributed by atoms with Gasteiger partial charge in [0.25, 0.3) is 0 Å². The fourth-order valence-corrected chi connectivity index (χ4v) is 3.14. The molecule has 29 heavy (non-hydrogen) atoms. The number of hydrogen-bond acceptors (Lipinski definition) is 3. The van der Waals surface area contributed by atoms with Crippen LogP contribution in [-0.2, 0) is 14.3 Å². The SMILES string of the molecule is CCCCCCCCCCCCCCOC(=O)C(CC(C)C)NC(=O)C(F)(F)F. The fourth-order valence-electron chi connectivity index (χ4n) is 3.14. The van der Waals surface area contributed by atoms with Gasteiger partial charge in [0.05, 0.1) is 6.61 Å². The summed E-state index contributed by atoms with van der Waals surface area (Å²) in [6.45, 7) is 5.93. The molecule has 0 bridgehead atoms. The Kier molecular flexibility index (Phi) is 15.8. The van der Waals surface area contributed by atoms with Crippen LogP contribution < -0.4 is 5.32 Å². The molecular weight excluding hydrogens is 383 g/mol. The number of carbonyl (C=O) groups is 2. The van der Waals surface area contributed by atoms with Crippen molar-refractivity contribution in [2.75, 3.05) is 6.61 Å². The lowest BCUT2D eigenvalue weighted by Crippen LogP contribution is -2.48. The number of nitrogens with one attached hydrogen (secondary N) is 1. The summed E-state index contributed by atoms with van der Waals surface area (Å²) in [5.41, 5.74) is 0. The molecule has 0 radical (unpaired) electrons. The molecule has 0 aliphatic carbocycles. The molecule has 0 fully saturated rings. The lowest BCUT2D eigenvalue weighted by Gasteiger charge is -2.20. The Morgan fingerprint density at radius 3 is 1.69 bits per heavy atom. The molecule has 0 aromatic carbocycles. The van der Waals surface area contributed by atoms with Gasteiger partial charge < -0.3 is 10.1 Å². The lowest BCUT2D eigenvalue weighted by molar-refractivity contribution is -0.176. The maximum absolute atomic E-state index is 12.4. The molecule has 0 spiro atoms. The normalized spacial score (nSPS) is 12.8. The van der Waals surface area contributed by atoms with Crippen molar-refractivity contribution < 1.29 is 27.5 Å². The summed E-state index contributed by atoms with van der Waals surface area (Å²) in [6, 6.07) is -1.26. The summed E-state index contributed by atoms with van der Waals surface area (Å²) in [4.78, 5) is 23.1. The van der Waals surface area contributed by atoms with Crippen molar-refractivity contribution in [3.05, 3.63) is 0 Å². The van der Waals surface area contributed by atoms with Crippen LogP contribution >= 0.6 is 0 Å². The monoisotopic (exact) mass is 423 g/mol. The third-order valence-corrected chi connectivity index (χ3v) is 4.80. The van der Waals surface area contributed by atoms with Crippen LogP contribution in [0.2, 0.25) is 0 Å². The minimum absolute atomic E-state index is 0.0484. The van der Waals surface area contributed by atoms with Crippen LogP contribution in [-0.4, -0.2) is 30.7 Å². The molecule has 7 heteroatoms. The maximum atomic E-state index is 12.4. The average Bonchev–Trinajstić information content (AvgIpc) is 2.63. The molecule has 172 valence electrons. The maximum Gasteiger partial charge on any atom is 0.471 e. The first-order valence-corrected chi connectivity index (χ1v) is 11.2. The van der Waals surface area contributed by atoms with Gasteiger partial charge in [-0.3, -0.25) is 4.79 Å². The second-order valence-corrected chi connectivity index (χ2v) is 8.21. The number of alkyl halides is 3. The molecule has 0 saturated heterocycles. The van der Waals surface area contributed by atoms with Crippen molar-refractivity contribution >= 4 is 11.9 Å². The van der Waals surface area contributed by atoms with E-state index in [9.17, 15) is 22.8 Å². The number of hydrogen-bond donors (Lipinski definition) is 1. The van der Waals surface area contributed by atoms with Gasteiger partial charge in [-0.05, 0) is 18.8 Å². The van der Waals surface area contributed by atoms with Crippen molar-refractivity contribution in [1.29, 1.82) is 0 Å². The van der Waals surface area contributed by atoms with E-state index in [0.29, 0.717) is 6.42 Å².